The number of sulfone groups is 1. The molecule has 0 heterocycles. The predicted molar refractivity (Wildman–Crippen MR) is 59.9 cm³/mol. The maximum absolute atomic E-state index is 11.4. The fourth-order valence-corrected chi connectivity index (χ4v) is 1.97. The molecule has 2 N–H and O–H groups in total. The van der Waals surface area contributed by atoms with Crippen LogP contribution in [0, 0.1) is 11.3 Å². The van der Waals surface area contributed by atoms with Crippen molar-refractivity contribution in [1.82, 2.24) is 0 Å². The summed E-state index contributed by atoms with van der Waals surface area (Å²) in [6, 6.07) is 7.68. The van der Waals surface area contributed by atoms with Gasteiger partial charge in [0.2, 0.25) is 0 Å². The average molecular weight is 226 g/mol. The van der Waals surface area contributed by atoms with E-state index in [9.17, 15) is 8.42 Å². The second-order valence-electron chi connectivity index (χ2n) is 2.46. The Labute approximate surface area is 90.3 Å². The zero-order valence-corrected chi connectivity index (χ0v) is 9.58. The molecule has 1 rings (SSSR count). The molecule has 1 aromatic carbocycles. The number of nitrogens with zero attached hydrogens (tertiary/aromatic N) is 1. The van der Waals surface area contributed by atoms with Crippen LogP contribution in [0.25, 0.3) is 0 Å². The summed E-state index contributed by atoms with van der Waals surface area (Å²) in [6.45, 7) is 4.00. The van der Waals surface area contributed by atoms with Crippen molar-refractivity contribution >= 4 is 15.5 Å². The van der Waals surface area contributed by atoms with Crippen molar-refractivity contribution < 1.29 is 8.42 Å². The second kappa shape index (κ2) is 6.04. The molecule has 0 saturated carbocycles. The summed E-state index contributed by atoms with van der Waals surface area (Å²) in [7, 11) is -3.53. The summed E-state index contributed by atoms with van der Waals surface area (Å²) in [5, 5.41) is 8.28. The van der Waals surface area contributed by atoms with Crippen LogP contribution in [-0.4, -0.2) is 14.2 Å². The minimum Gasteiger partial charge on any atom is -0.398 e. The van der Waals surface area contributed by atoms with E-state index in [4.69, 9.17) is 11.0 Å². The van der Waals surface area contributed by atoms with E-state index in [0.29, 0.717) is 0 Å². The largest absolute Gasteiger partial charge is 0.398 e. The van der Waals surface area contributed by atoms with E-state index in [0.717, 1.165) is 0 Å². The number of nitrogen functional groups attached to an aromatic ring is 1. The third-order valence-electron chi connectivity index (χ3n) is 1.51. The molecule has 0 spiro atoms. The van der Waals surface area contributed by atoms with Crippen molar-refractivity contribution in [3.8, 4) is 6.07 Å². The Balaban J connectivity index is 0.000000921. The molecule has 4 nitrogen and oxygen atoms in total. The summed E-state index contributed by atoms with van der Waals surface area (Å²) in [5.41, 5.74) is 5.63. The second-order valence-corrected chi connectivity index (χ2v) is 4.41. The minimum absolute atomic E-state index is 0.0246. The van der Waals surface area contributed by atoms with Crippen molar-refractivity contribution in [2.75, 3.05) is 11.5 Å². The van der Waals surface area contributed by atoms with E-state index in [1.807, 2.05) is 13.8 Å². The van der Waals surface area contributed by atoms with Gasteiger partial charge in [-0.05, 0) is 12.1 Å². The van der Waals surface area contributed by atoms with Crippen LogP contribution in [0.4, 0.5) is 5.69 Å². The summed E-state index contributed by atoms with van der Waals surface area (Å²) in [4.78, 5) is 0.0246. The molecular weight excluding hydrogens is 212 g/mol. The van der Waals surface area contributed by atoms with Crippen LogP contribution in [0.15, 0.2) is 29.2 Å². The van der Waals surface area contributed by atoms with Crippen molar-refractivity contribution in [1.29, 1.82) is 5.26 Å². The first-order valence-electron chi connectivity index (χ1n) is 4.52. The first kappa shape index (κ1) is 13.5. The van der Waals surface area contributed by atoms with Crippen LogP contribution in [0.3, 0.4) is 0 Å². The highest BCUT2D eigenvalue weighted by Gasteiger charge is 2.15. The van der Waals surface area contributed by atoms with Gasteiger partial charge in [-0.15, -0.1) is 0 Å². The van der Waals surface area contributed by atoms with Crippen LogP contribution in [0.2, 0.25) is 0 Å². The Kier molecular flexibility index (Phi) is 5.42. The maximum Gasteiger partial charge on any atom is 0.193 e. The van der Waals surface area contributed by atoms with E-state index in [1.54, 1.807) is 18.2 Å². The number of hydrogen-bond donors (Lipinski definition) is 1. The fraction of sp³-hybridized carbons (Fsp3) is 0.300. The Hall–Kier alpha value is -1.54. The van der Waals surface area contributed by atoms with E-state index >= 15 is 0 Å². The molecule has 0 aliphatic carbocycles. The molecule has 0 amide bonds. The van der Waals surface area contributed by atoms with Crippen molar-refractivity contribution in [2.45, 2.75) is 18.7 Å². The SMILES string of the molecule is CC.N#CCS(=O)(=O)c1ccccc1N. The molecule has 0 unspecified atom stereocenters. The number of rotatable bonds is 2. The number of nitriles is 1. The monoisotopic (exact) mass is 226 g/mol. The van der Waals surface area contributed by atoms with E-state index in [-0.39, 0.29) is 10.6 Å². The van der Waals surface area contributed by atoms with Crippen LogP contribution in [0.1, 0.15) is 13.8 Å². The molecule has 15 heavy (non-hydrogen) atoms. The number of anilines is 1. The van der Waals surface area contributed by atoms with Gasteiger partial charge in [-0.2, -0.15) is 5.26 Å². The molecule has 82 valence electrons. The molecule has 0 aliphatic heterocycles. The van der Waals surface area contributed by atoms with Gasteiger partial charge >= 0.3 is 0 Å². The molecule has 0 fully saturated rings. The molecule has 0 atom stereocenters. The number of hydrogen-bond acceptors (Lipinski definition) is 4. The lowest BCUT2D eigenvalue weighted by Gasteiger charge is -2.02. The van der Waals surface area contributed by atoms with Crippen LogP contribution in [0.5, 0.6) is 0 Å². The van der Waals surface area contributed by atoms with Crippen LogP contribution >= 0.6 is 0 Å². The third kappa shape index (κ3) is 3.60. The molecule has 0 bridgehead atoms. The Morgan fingerprint density at radius 3 is 2.33 bits per heavy atom. The van der Waals surface area contributed by atoms with Gasteiger partial charge in [0.15, 0.2) is 9.84 Å². The fourth-order valence-electron chi connectivity index (χ4n) is 0.926. The van der Waals surface area contributed by atoms with Gasteiger partial charge in [0.25, 0.3) is 0 Å². The summed E-state index contributed by atoms with van der Waals surface area (Å²) < 4.78 is 22.7. The van der Waals surface area contributed by atoms with E-state index in [2.05, 4.69) is 0 Å². The van der Waals surface area contributed by atoms with Crippen molar-refractivity contribution in [3.63, 3.8) is 0 Å². The molecule has 0 saturated heterocycles. The first-order chi connectivity index (χ1) is 7.08. The first-order valence-corrected chi connectivity index (χ1v) is 6.17. The normalized spacial score (nSPS) is 9.67. The zero-order chi connectivity index (χ0) is 11.9. The molecular formula is C10H14N2O2S. The van der Waals surface area contributed by atoms with Gasteiger partial charge in [-0.1, -0.05) is 26.0 Å². The van der Waals surface area contributed by atoms with Gasteiger partial charge in [0.1, 0.15) is 5.75 Å². The molecule has 1 aromatic rings. The van der Waals surface area contributed by atoms with Gasteiger partial charge in [-0.3, -0.25) is 0 Å². The highest BCUT2D eigenvalue weighted by atomic mass is 32.2. The van der Waals surface area contributed by atoms with Gasteiger partial charge in [-0.25, -0.2) is 8.42 Å². The van der Waals surface area contributed by atoms with Crippen LogP contribution < -0.4 is 5.73 Å². The number of benzene rings is 1. The molecule has 0 radical (unpaired) electrons. The Morgan fingerprint density at radius 2 is 1.87 bits per heavy atom. The number of para-hydroxylation sites is 1. The van der Waals surface area contributed by atoms with Gasteiger partial charge in [0.05, 0.1) is 16.7 Å². The highest BCUT2D eigenvalue weighted by molar-refractivity contribution is 7.91. The van der Waals surface area contributed by atoms with Crippen molar-refractivity contribution in [2.24, 2.45) is 0 Å². The zero-order valence-electron chi connectivity index (χ0n) is 8.77. The van der Waals surface area contributed by atoms with Crippen molar-refractivity contribution in [3.05, 3.63) is 24.3 Å². The lowest BCUT2D eigenvalue weighted by Crippen LogP contribution is -2.07. The standard InChI is InChI=1S/C8H8N2O2S.C2H6/c9-5-6-13(11,12)8-4-2-1-3-7(8)10;1-2/h1-4H,6,10H2;1-2H3. The van der Waals surface area contributed by atoms with E-state index < -0.39 is 15.6 Å². The summed E-state index contributed by atoms with van der Waals surface area (Å²) in [5.74, 6) is -0.540. The lowest BCUT2D eigenvalue weighted by atomic mass is 10.3. The van der Waals surface area contributed by atoms with E-state index in [1.165, 1.54) is 12.1 Å². The predicted octanol–water partition coefficient (Wildman–Crippen LogP) is 1.59. The maximum atomic E-state index is 11.4. The number of nitrogens with two attached hydrogens (primary N) is 1. The summed E-state index contributed by atoms with van der Waals surface area (Å²) in [6.07, 6.45) is 0. The van der Waals surface area contributed by atoms with Gasteiger partial charge < -0.3 is 5.73 Å². The third-order valence-corrected chi connectivity index (χ3v) is 3.06. The Morgan fingerprint density at radius 1 is 1.33 bits per heavy atom. The van der Waals surface area contributed by atoms with Gasteiger partial charge in [0, 0.05) is 0 Å². The highest BCUT2D eigenvalue weighted by Crippen LogP contribution is 2.17. The van der Waals surface area contributed by atoms with Crippen LogP contribution in [-0.2, 0) is 9.84 Å². The molecule has 5 heteroatoms. The quantitative estimate of drug-likeness (QED) is 0.776. The smallest absolute Gasteiger partial charge is 0.193 e. The molecule has 0 aromatic heterocycles. The molecule has 0 aliphatic rings. The average Bonchev–Trinajstić information content (AvgIpc) is 2.21. The Bertz CT molecular complexity index is 447. The summed E-state index contributed by atoms with van der Waals surface area (Å²) >= 11 is 0. The lowest BCUT2D eigenvalue weighted by molar-refractivity contribution is 0.599. The minimum atomic E-state index is -3.53. The topological polar surface area (TPSA) is 84.0 Å².